The number of hydrogen-bond acceptors (Lipinski definition) is 2. The fourth-order valence-electron chi connectivity index (χ4n) is 1.71. The molecule has 0 fully saturated rings. The topological polar surface area (TPSA) is 43.1 Å². The molecule has 2 aromatic rings. The number of carbonyl (C=O) groups is 1. The minimum atomic E-state index is 0.696. The van der Waals surface area contributed by atoms with Crippen LogP contribution in [0, 0.1) is 0 Å². The summed E-state index contributed by atoms with van der Waals surface area (Å²) in [6.07, 6.45) is 1.58. The summed E-state index contributed by atoms with van der Waals surface area (Å²) in [4.78, 5) is 10.9. The standard InChI is InChI=1S/C14H13NO/c15-14-8-4-3-6-12(14)9-11-5-1-2-7-13(11)10-16/h1-8,10H,9,15H2. The SMILES string of the molecule is Nc1ccccc1Cc1ccccc1C=O. The Labute approximate surface area is 94.7 Å². The third-order valence-electron chi connectivity index (χ3n) is 2.62. The summed E-state index contributed by atoms with van der Waals surface area (Å²) in [6.45, 7) is 0. The Morgan fingerprint density at radius 1 is 0.938 bits per heavy atom. The number of aldehydes is 1. The van der Waals surface area contributed by atoms with Crippen LogP contribution in [0.3, 0.4) is 0 Å². The summed E-state index contributed by atoms with van der Waals surface area (Å²) >= 11 is 0. The maximum atomic E-state index is 10.9. The summed E-state index contributed by atoms with van der Waals surface area (Å²) in [5, 5.41) is 0. The van der Waals surface area contributed by atoms with Gasteiger partial charge >= 0.3 is 0 Å². The molecule has 0 unspecified atom stereocenters. The van der Waals surface area contributed by atoms with Crippen molar-refractivity contribution in [1.29, 1.82) is 0 Å². The van der Waals surface area contributed by atoms with Gasteiger partial charge < -0.3 is 5.73 Å². The number of hydrogen-bond donors (Lipinski definition) is 1. The lowest BCUT2D eigenvalue weighted by atomic mass is 9.99. The zero-order chi connectivity index (χ0) is 11.4. The Morgan fingerprint density at radius 3 is 2.25 bits per heavy atom. The second-order valence-corrected chi connectivity index (χ2v) is 3.69. The number of nitrogen functional groups attached to an aromatic ring is 1. The average Bonchev–Trinajstić information content (AvgIpc) is 2.33. The van der Waals surface area contributed by atoms with Crippen molar-refractivity contribution < 1.29 is 4.79 Å². The highest BCUT2D eigenvalue weighted by Gasteiger charge is 2.03. The molecule has 2 rings (SSSR count). The van der Waals surface area contributed by atoms with Gasteiger partial charge in [-0.1, -0.05) is 42.5 Å². The first-order chi connectivity index (χ1) is 7.81. The molecule has 0 aliphatic rings. The molecule has 0 bridgehead atoms. The van der Waals surface area contributed by atoms with Crippen LogP contribution in [0.1, 0.15) is 21.5 Å². The van der Waals surface area contributed by atoms with Gasteiger partial charge in [0.2, 0.25) is 0 Å². The van der Waals surface area contributed by atoms with Gasteiger partial charge in [-0.25, -0.2) is 0 Å². The van der Waals surface area contributed by atoms with Crippen molar-refractivity contribution in [3.8, 4) is 0 Å². The Kier molecular flexibility index (Phi) is 3.01. The van der Waals surface area contributed by atoms with Crippen molar-refractivity contribution in [2.24, 2.45) is 0 Å². The van der Waals surface area contributed by atoms with Gasteiger partial charge in [-0.15, -0.1) is 0 Å². The third kappa shape index (κ3) is 2.11. The van der Waals surface area contributed by atoms with Gasteiger partial charge in [0.15, 0.2) is 0 Å². The lowest BCUT2D eigenvalue weighted by Gasteiger charge is -2.07. The van der Waals surface area contributed by atoms with Crippen LogP contribution in [0.5, 0.6) is 0 Å². The quantitative estimate of drug-likeness (QED) is 0.626. The molecule has 2 heteroatoms. The molecule has 0 saturated carbocycles. The summed E-state index contributed by atoms with van der Waals surface area (Å²) in [5.41, 5.74) is 9.43. The Hall–Kier alpha value is -2.09. The van der Waals surface area contributed by atoms with E-state index in [0.717, 1.165) is 28.7 Å². The minimum absolute atomic E-state index is 0.696. The molecule has 2 aromatic carbocycles. The summed E-state index contributed by atoms with van der Waals surface area (Å²) in [5.74, 6) is 0. The molecule has 2 nitrogen and oxygen atoms in total. The van der Waals surface area contributed by atoms with E-state index in [9.17, 15) is 4.79 Å². The van der Waals surface area contributed by atoms with Crippen LogP contribution in [0.4, 0.5) is 5.69 Å². The van der Waals surface area contributed by atoms with E-state index < -0.39 is 0 Å². The minimum Gasteiger partial charge on any atom is -0.398 e. The van der Waals surface area contributed by atoms with E-state index in [1.807, 2.05) is 48.5 Å². The van der Waals surface area contributed by atoms with Gasteiger partial charge in [0, 0.05) is 17.7 Å². The average molecular weight is 211 g/mol. The van der Waals surface area contributed by atoms with Crippen molar-refractivity contribution in [2.75, 3.05) is 5.73 Å². The van der Waals surface area contributed by atoms with Gasteiger partial charge in [-0.2, -0.15) is 0 Å². The highest BCUT2D eigenvalue weighted by atomic mass is 16.1. The zero-order valence-corrected chi connectivity index (χ0v) is 8.89. The molecule has 80 valence electrons. The Morgan fingerprint density at radius 2 is 1.56 bits per heavy atom. The second-order valence-electron chi connectivity index (χ2n) is 3.69. The number of nitrogens with two attached hydrogens (primary N) is 1. The van der Waals surface area contributed by atoms with E-state index in [1.165, 1.54) is 0 Å². The van der Waals surface area contributed by atoms with Gasteiger partial charge in [0.25, 0.3) is 0 Å². The van der Waals surface area contributed by atoms with Crippen molar-refractivity contribution in [3.63, 3.8) is 0 Å². The first kappa shape index (κ1) is 10.4. The van der Waals surface area contributed by atoms with E-state index in [4.69, 9.17) is 5.73 Å². The summed E-state index contributed by atoms with van der Waals surface area (Å²) < 4.78 is 0. The van der Waals surface area contributed by atoms with Gasteiger partial charge in [-0.3, -0.25) is 4.79 Å². The van der Waals surface area contributed by atoms with E-state index in [-0.39, 0.29) is 0 Å². The number of para-hydroxylation sites is 1. The maximum Gasteiger partial charge on any atom is 0.150 e. The summed E-state index contributed by atoms with van der Waals surface area (Å²) in [7, 11) is 0. The summed E-state index contributed by atoms with van der Waals surface area (Å²) in [6, 6.07) is 15.3. The van der Waals surface area contributed by atoms with Crippen molar-refractivity contribution in [2.45, 2.75) is 6.42 Å². The van der Waals surface area contributed by atoms with Crippen LogP contribution in [-0.2, 0) is 6.42 Å². The maximum absolute atomic E-state index is 10.9. The number of carbonyl (C=O) groups excluding carboxylic acids is 1. The number of anilines is 1. The third-order valence-corrected chi connectivity index (χ3v) is 2.62. The second kappa shape index (κ2) is 4.62. The molecule has 0 spiro atoms. The van der Waals surface area contributed by atoms with Gasteiger partial charge in [-0.05, 0) is 17.2 Å². The number of rotatable bonds is 3. The van der Waals surface area contributed by atoms with Crippen molar-refractivity contribution >= 4 is 12.0 Å². The van der Waals surface area contributed by atoms with Crippen molar-refractivity contribution in [1.82, 2.24) is 0 Å². The molecule has 0 aliphatic heterocycles. The molecule has 16 heavy (non-hydrogen) atoms. The fourth-order valence-corrected chi connectivity index (χ4v) is 1.71. The highest BCUT2D eigenvalue weighted by molar-refractivity contribution is 5.77. The smallest absolute Gasteiger partial charge is 0.150 e. The monoisotopic (exact) mass is 211 g/mol. The predicted molar refractivity (Wildman–Crippen MR) is 65.5 cm³/mol. The lowest BCUT2D eigenvalue weighted by Crippen LogP contribution is -1.98. The van der Waals surface area contributed by atoms with Crippen molar-refractivity contribution in [3.05, 3.63) is 65.2 Å². The van der Waals surface area contributed by atoms with Crippen LogP contribution in [0.15, 0.2) is 48.5 Å². The molecule has 0 saturated heterocycles. The first-order valence-corrected chi connectivity index (χ1v) is 5.17. The van der Waals surface area contributed by atoms with E-state index >= 15 is 0 Å². The molecule has 2 N–H and O–H groups in total. The molecular formula is C14H13NO. The molecule has 0 aliphatic carbocycles. The first-order valence-electron chi connectivity index (χ1n) is 5.17. The zero-order valence-electron chi connectivity index (χ0n) is 8.89. The highest BCUT2D eigenvalue weighted by Crippen LogP contribution is 2.17. The van der Waals surface area contributed by atoms with Gasteiger partial charge in [0.05, 0.1) is 0 Å². The normalized spacial score (nSPS) is 10.0. The van der Waals surface area contributed by atoms with E-state index in [1.54, 1.807) is 0 Å². The van der Waals surface area contributed by atoms with Crippen LogP contribution in [0.2, 0.25) is 0 Å². The Bertz CT molecular complexity index is 506. The molecule has 0 atom stereocenters. The molecule has 0 radical (unpaired) electrons. The molecule has 0 amide bonds. The molecule has 0 heterocycles. The molecule has 0 aromatic heterocycles. The predicted octanol–water partition coefficient (Wildman–Crippen LogP) is 2.67. The number of benzene rings is 2. The molecular weight excluding hydrogens is 198 g/mol. The van der Waals surface area contributed by atoms with Crippen LogP contribution in [-0.4, -0.2) is 6.29 Å². The van der Waals surface area contributed by atoms with E-state index in [2.05, 4.69) is 0 Å². The van der Waals surface area contributed by atoms with Crippen LogP contribution >= 0.6 is 0 Å². The largest absolute Gasteiger partial charge is 0.398 e. The Balaban J connectivity index is 2.34. The lowest BCUT2D eigenvalue weighted by molar-refractivity contribution is 0.112. The van der Waals surface area contributed by atoms with Gasteiger partial charge in [0.1, 0.15) is 6.29 Å². The van der Waals surface area contributed by atoms with Crippen LogP contribution in [0.25, 0.3) is 0 Å². The van der Waals surface area contributed by atoms with E-state index in [0.29, 0.717) is 6.42 Å². The fraction of sp³-hybridized carbons (Fsp3) is 0.0714. The van der Waals surface area contributed by atoms with Crippen LogP contribution < -0.4 is 5.73 Å².